The van der Waals surface area contributed by atoms with Gasteiger partial charge in [0, 0.05) is 41.9 Å². The molecular weight excluding hydrogens is 321 g/mol. The summed E-state index contributed by atoms with van der Waals surface area (Å²) in [5.74, 6) is 1.09. The topological polar surface area (TPSA) is 88.1 Å². The van der Waals surface area contributed by atoms with Gasteiger partial charge in [-0.15, -0.1) is 0 Å². The Kier molecular flexibility index (Phi) is 3.54. The van der Waals surface area contributed by atoms with E-state index < -0.39 is 0 Å². The number of hydrogen-bond acceptors (Lipinski definition) is 6. The molecule has 0 atom stereocenters. The standard InChI is InChI=1S/C9H12IN5O/c10-9-13-7(12)6(5-11)8(14-9)15-1-3-16-4-2-15/h5,11H,1-4H2,(H2,12,13,14). The fraction of sp³-hybridized carbons (Fsp3) is 0.444. The second kappa shape index (κ2) is 4.91. The number of ether oxygens (including phenoxy) is 1. The molecule has 1 saturated heterocycles. The fourth-order valence-electron chi connectivity index (χ4n) is 1.60. The third kappa shape index (κ3) is 2.24. The molecule has 0 unspecified atom stereocenters. The van der Waals surface area contributed by atoms with E-state index in [0.717, 1.165) is 18.9 Å². The molecule has 2 heterocycles. The fourth-order valence-corrected chi connectivity index (χ4v) is 2.09. The van der Waals surface area contributed by atoms with Crippen molar-refractivity contribution in [2.45, 2.75) is 0 Å². The second-order valence-electron chi connectivity index (χ2n) is 3.36. The Labute approximate surface area is 107 Å². The molecule has 2 rings (SSSR count). The summed E-state index contributed by atoms with van der Waals surface area (Å²) in [5.41, 5.74) is 6.36. The molecule has 16 heavy (non-hydrogen) atoms. The zero-order valence-electron chi connectivity index (χ0n) is 8.61. The molecule has 7 heteroatoms. The number of rotatable bonds is 2. The first-order chi connectivity index (χ1) is 7.72. The molecule has 0 radical (unpaired) electrons. The van der Waals surface area contributed by atoms with E-state index in [0.29, 0.717) is 28.4 Å². The molecule has 0 amide bonds. The van der Waals surface area contributed by atoms with Crippen LogP contribution in [0.5, 0.6) is 0 Å². The first-order valence-corrected chi connectivity index (χ1v) is 5.96. The summed E-state index contributed by atoms with van der Waals surface area (Å²) in [4.78, 5) is 10.5. The maximum atomic E-state index is 7.37. The highest BCUT2D eigenvalue weighted by molar-refractivity contribution is 14.1. The molecule has 86 valence electrons. The summed E-state index contributed by atoms with van der Waals surface area (Å²) in [6.45, 7) is 2.90. The molecule has 6 nitrogen and oxygen atoms in total. The van der Waals surface area contributed by atoms with Gasteiger partial charge in [0.25, 0.3) is 0 Å². The Morgan fingerprint density at radius 2 is 2.06 bits per heavy atom. The third-order valence-corrected chi connectivity index (χ3v) is 2.87. The lowest BCUT2D eigenvalue weighted by Crippen LogP contribution is -2.37. The van der Waals surface area contributed by atoms with Crippen molar-refractivity contribution < 1.29 is 4.74 Å². The lowest BCUT2D eigenvalue weighted by atomic mass is 10.2. The molecule has 1 fully saturated rings. The minimum absolute atomic E-state index is 0.357. The van der Waals surface area contributed by atoms with Crippen molar-refractivity contribution in [1.82, 2.24) is 9.97 Å². The van der Waals surface area contributed by atoms with E-state index in [9.17, 15) is 0 Å². The Hall–Kier alpha value is -0.960. The van der Waals surface area contributed by atoms with Gasteiger partial charge in [-0.3, -0.25) is 0 Å². The van der Waals surface area contributed by atoms with Crippen molar-refractivity contribution in [1.29, 1.82) is 5.41 Å². The summed E-state index contributed by atoms with van der Waals surface area (Å²) in [6, 6.07) is 0. The van der Waals surface area contributed by atoms with Crippen LogP contribution in [-0.4, -0.2) is 42.5 Å². The normalized spacial score (nSPS) is 16.2. The smallest absolute Gasteiger partial charge is 0.194 e. The van der Waals surface area contributed by atoms with Crippen LogP contribution >= 0.6 is 22.6 Å². The van der Waals surface area contributed by atoms with Crippen molar-refractivity contribution in [3.8, 4) is 0 Å². The Balaban J connectivity index is 2.40. The first kappa shape index (κ1) is 11.5. The SMILES string of the molecule is N=Cc1c(N)nc(I)nc1N1CCOCC1. The second-order valence-corrected chi connectivity index (χ2v) is 4.32. The zero-order valence-corrected chi connectivity index (χ0v) is 10.8. The maximum Gasteiger partial charge on any atom is 0.194 e. The van der Waals surface area contributed by atoms with E-state index >= 15 is 0 Å². The van der Waals surface area contributed by atoms with Crippen LogP contribution < -0.4 is 10.6 Å². The van der Waals surface area contributed by atoms with Crippen LogP contribution in [0.15, 0.2) is 0 Å². The predicted molar refractivity (Wildman–Crippen MR) is 70.1 cm³/mol. The van der Waals surface area contributed by atoms with Gasteiger partial charge in [0.05, 0.1) is 18.8 Å². The molecule has 1 aliphatic heterocycles. The Bertz CT molecular complexity index is 405. The number of aromatic nitrogens is 2. The molecule has 1 aromatic rings. The summed E-state index contributed by atoms with van der Waals surface area (Å²) in [7, 11) is 0. The van der Waals surface area contributed by atoms with Crippen molar-refractivity contribution in [3.05, 3.63) is 9.39 Å². The molecule has 0 aliphatic carbocycles. The number of nitrogens with one attached hydrogen (secondary N) is 1. The number of anilines is 2. The molecule has 0 bridgehead atoms. The third-order valence-electron chi connectivity index (χ3n) is 2.38. The average molecular weight is 333 g/mol. The molecular formula is C9H12IN5O. The minimum atomic E-state index is 0.357. The van der Waals surface area contributed by atoms with Gasteiger partial charge in [-0.05, 0) is 0 Å². The zero-order chi connectivity index (χ0) is 11.5. The summed E-state index contributed by atoms with van der Waals surface area (Å²) in [6.07, 6.45) is 1.20. The van der Waals surface area contributed by atoms with Gasteiger partial charge in [-0.25, -0.2) is 9.97 Å². The van der Waals surface area contributed by atoms with Crippen LogP contribution in [0.4, 0.5) is 11.6 Å². The summed E-state index contributed by atoms with van der Waals surface area (Å²) >= 11 is 2.02. The number of halogens is 1. The number of morpholine rings is 1. The lowest BCUT2D eigenvalue weighted by Gasteiger charge is -2.29. The highest BCUT2D eigenvalue weighted by atomic mass is 127. The number of hydrogen-bond donors (Lipinski definition) is 2. The number of nitrogens with zero attached hydrogens (tertiary/aromatic N) is 3. The number of nitrogen functional groups attached to an aromatic ring is 1. The Morgan fingerprint density at radius 3 is 2.69 bits per heavy atom. The van der Waals surface area contributed by atoms with Gasteiger partial charge >= 0.3 is 0 Å². The predicted octanol–water partition coefficient (Wildman–Crippen LogP) is 0.498. The van der Waals surface area contributed by atoms with Crippen LogP contribution in [0.1, 0.15) is 5.56 Å². The molecule has 1 aliphatic rings. The van der Waals surface area contributed by atoms with Crippen molar-refractivity contribution in [2.24, 2.45) is 0 Å². The van der Waals surface area contributed by atoms with Crippen molar-refractivity contribution in [2.75, 3.05) is 36.9 Å². The van der Waals surface area contributed by atoms with Crippen LogP contribution in [0.2, 0.25) is 0 Å². The highest BCUT2D eigenvalue weighted by Gasteiger charge is 2.18. The molecule has 0 aromatic carbocycles. The largest absolute Gasteiger partial charge is 0.383 e. The van der Waals surface area contributed by atoms with Gasteiger partial charge in [-0.1, -0.05) is 0 Å². The lowest BCUT2D eigenvalue weighted by molar-refractivity contribution is 0.122. The van der Waals surface area contributed by atoms with Gasteiger partial charge in [0.1, 0.15) is 11.6 Å². The van der Waals surface area contributed by atoms with E-state index in [1.165, 1.54) is 6.21 Å². The molecule has 3 N–H and O–H groups in total. The van der Waals surface area contributed by atoms with Crippen molar-refractivity contribution in [3.63, 3.8) is 0 Å². The number of nitrogens with two attached hydrogens (primary N) is 1. The van der Waals surface area contributed by atoms with Crippen LogP contribution in [0.25, 0.3) is 0 Å². The molecule has 1 aromatic heterocycles. The van der Waals surface area contributed by atoms with E-state index in [-0.39, 0.29) is 0 Å². The maximum absolute atomic E-state index is 7.37. The van der Waals surface area contributed by atoms with E-state index in [4.69, 9.17) is 15.9 Å². The van der Waals surface area contributed by atoms with Crippen LogP contribution in [-0.2, 0) is 4.74 Å². The highest BCUT2D eigenvalue weighted by Crippen LogP contribution is 2.22. The van der Waals surface area contributed by atoms with Crippen LogP contribution in [0.3, 0.4) is 0 Å². The average Bonchev–Trinajstić information content (AvgIpc) is 2.29. The van der Waals surface area contributed by atoms with Gasteiger partial charge < -0.3 is 20.8 Å². The van der Waals surface area contributed by atoms with Crippen LogP contribution in [0, 0.1) is 9.24 Å². The summed E-state index contributed by atoms with van der Waals surface area (Å²) < 4.78 is 5.88. The van der Waals surface area contributed by atoms with Gasteiger partial charge in [0.2, 0.25) is 0 Å². The van der Waals surface area contributed by atoms with Crippen molar-refractivity contribution >= 4 is 40.4 Å². The first-order valence-electron chi connectivity index (χ1n) is 4.88. The van der Waals surface area contributed by atoms with E-state index in [2.05, 4.69) is 14.9 Å². The van der Waals surface area contributed by atoms with E-state index in [1.54, 1.807) is 0 Å². The van der Waals surface area contributed by atoms with Gasteiger partial charge in [-0.2, -0.15) is 0 Å². The van der Waals surface area contributed by atoms with Gasteiger partial charge in [0.15, 0.2) is 3.83 Å². The quantitative estimate of drug-likeness (QED) is 0.467. The van der Waals surface area contributed by atoms with E-state index in [1.807, 2.05) is 22.6 Å². The summed E-state index contributed by atoms with van der Waals surface area (Å²) in [5, 5.41) is 7.37. The molecule has 0 saturated carbocycles. The minimum Gasteiger partial charge on any atom is -0.383 e. The molecule has 0 spiro atoms. The monoisotopic (exact) mass is 333 g/mol. The Morgan fingerprint density at radius 1 is 1.38 bits per heavy atom.